The molecule has 0 aromatic heterocycles. The molecule has 0 unspecified atom stereocenters. The smallest absolute Gasteiger partial charge is 0.306 e. The minimum Gasteiger partial charge on any atom is -0.462 e. The number of carbonyl (C=O) groups is 1. The first-order chi connectivity index (χ1) is 23.2. The molecule has 5 saturated carbocycles. The molecule has 0 bridgehead atoms. The van der Waals surface area contributed by atoms with E-state index in [0.29, 0.717) is 36.0 Å². The van der Waals surface area contributed by atoms with Crippen LogP contribution in [0.2, 0.25) is 0 Å². The first-order valence-corrected chi connectivity index (χ1v) is 21.7. The van der Waals surface area contributed by atoms with Crippen molar-refractivity contribution in [2.45, 2.75) is 215 Å². The van der Waals surface area contributed by atoms with Gasteiger partial charge in [0.1, 0.15) is 6.10 Å². The Labute approximate surface area is 304 Å². The third-order valence-electron chi connectivity index (χ3n) is 17.3. The third kappa shape index (κ3) is 7.26. The quantitative estimate of drug-likeness (QED) is 0.100. The molecule has 11 atom stereocenters. The molecule has 0 radical (unpaired) electrons. The second-order valence-corrected chi connectivity index (χ2v) is 20.2. The minimum atomic E-state index is -0.217. The topological polar surface area (TPSA) is 46.5 Å². The second kappa shape index (κ2) is 15.6. The number of hydrogen-bond donors (Lipinski definition) is 1. The van der Waals surface area contributed by atoms with Crippen LogP contribution in [0.15, 0.2) is 12.2 Å². The van der Waals surface area contributed by atoms with Crippen molar-refractivity contribution in [3.63, 3.8) is 0 Å². The number of aliphatic hydroxyl groups excluding tert-OH is 1. The number of fused-ring (bicyclic) bond motifs is 7. The number of hydrogen-bond acceptors (Lipinski definition) is 3. The van der Waals surface area contributed by atoms with Gasteiger partial charge in [-0.1, -0.05) is 138 Å². The predicted octanol–water partition coefficient (Wildman–Crippen LogP) is 13.0. The molecule has 0 spiro atoms. The van der Waals surface area contributed by atoms with E-state index >= 15 is 0 Å². The maximum atomic E-state index is 13.2. The molecule has 0 aromatic rings. The summed E-state index contributed by atoms with van der Waals surface area (Å²) >= 11 is 0. The Balaban J connectivity index is 1.13. The van der Waals surface area contributed by atoms with Crippen LogP contribution in [0.3, 0.4) is 0 Å². The minimum absolute atomic E-state index is 0.0150. The molecule has 3 nitrogen and oxygen atoms in total. The molecule has 0 saturated heterocycles. The molecule has 0 heterocycles. The van der Waals surface area contributed by atoms with Crippen LogP contribution in [0.1, 0.15) is 203 Å². The summed E-state index contributed by atoms with van der Waals surface area (Å²) in [4.78, 5) is 13.2. The number of allylic oxidation sites excluding steroid dienone is 1. The lowest BCUT2D eigenvalue weighted by molar-refractivity contribution is -0.262. The summed E-state index contributed by atoms with van der Waals surface area (Å²) < 4.78 is 6.40. The van der Waals surface area contributed by atoms with Crippen molar-refractivity contribution >= 4 is 5.97 Å². The van der Waals surface area contributed by atoms with Gasteiger partial charge in [0.25, 0.3) is 0 Å². The maximum Gasteiger partial charge on any atom is 0.306 e. The molecule has 5 aliphatic carbocycles. The SMILES string of the molecule is C=C(C)[C@@H]1CC[C@@]2(C)[C@H]1[C@@H]1CC[C@@H]3[C@@]4(C)CC[C@H](OC(=O)CCCCCCCCCCCCCCC)C(C)(C)[C@@H]4CC[C@@]3(C)[C@]1(C)C[C@@H]2O. The average Bonchev–Trinajstić information content (AvgIpc) is 3.40. The van der Waals surface area contributed by atoms with Crippen LogP contribution in [0, 0.1) is 56.7 Å². The van der Waals surface area contributed by atoms with Crippen LogP contribution in [0.4, 0.5) is 0 Å². The highest BCUT2D eigenvalue weighted by atomic mass is 16.5. The first kappa shape index (κ1) is 39.4. The summed E-state index contributed by atoms with van der Waals surface area (Å²) in [6, 6.07) is 0. The van der Waals surface area contributed by atoms with Crippen LogP contribution in [-0.4, -0.2) is 23.3 Å². The molecule has 5 fully saturated rings. The molecule has 0 aliphatic heterocycles. The largest absolute Gasteiger partial charge is 0.462 e. The van der Waals surface area contributed by atoms with Gasteiger partial charge in [-0.25, -0.2) is 0 Å². The summed E-state index contributed by atoms with van der Waals surface area (Å²) in [5, 5.41) is 11.9. The van der Waals surface area contributed by atoms with E-state index in [1.807, 2.05) is 0 Å². The highest BCUT2D eigenvalue weighted by molar-refractivity contribution is 5.69. The number of carbonyl (C=O) groups excluding carboxylic acids is 1. The summed E-state index contributed by atoms with van der Waals surface area (Å²) in [6.45, 7) is 24.2. The lowest BCUT2D eigenvalue weighted by Crippen LogP contribution is -2.68. The van der Waals surface area contributed by atoms with Crippen LogP contribution < -0.4 is 0 Å². The highest BCUT2D eigenvalue weighted by Gasteiger charge is 2.72. The molecule has 49 heavy (non-hydrogen) atoms. The lowest BCUT2D eigenvalue weighted by atomic mass is 9.32. The van der Waals surface area contributed by atoms with Gasteiger partial charge in [0.15, 0.2) is 0 Å². The number of esters is 1. The van der Waals surface area contributed by atoms with Crippen molar-refractivity contribution in [1.82, 2.24) is 0 Å². The number of ether oxygens (including phenoxy) is 1. The molecular weight excluding hydrogens is 601 g/mol. The van der Waals surface area contributed by atoms with Gasteiger partial charge in [0.2, 0.25) is 0 Å². The van der Waals surface area contributed by atoms with E-state index in [1.165, 1.54) is 108 Å². The second-order valence-electron chi connectivity index (χ2n) is 20.2. The molecule has 5 rings (SSSR count). The molecule has 0 aromatic carbocycles. The zero-order chi connectivity index (χ0) is 35.7. The number of unbranched alkanes of at least 4 members (excludes halogenated alkanes) is 12. The number of aliphatic hydroxyl groups is 1. The zero-order valence-corrected chi connectivity index (χ0v) is 33.8. The summed E-state index contributed by atoms with van der Waals surface area (Å²) in [5.41, 5.74) is 1.98. The van der Waals surface area contributed by atoms with E-state index in [9.17, 15) is 9.90 Å². The highest BCUT2D eigenvalue weighted by Crippen LogP contribution is 2.77. The molecule has 3 heteroatoms. The van der Waals surface area contributed by atoms with Gasteiger partial charge in [0.05, 0.1) is 6.10 Å². The molecule has 1 N–H and O–H groups in total. The van der Waals surface area contributed by atoms with Gasteiger partial charge < -0.3 is 9.84 Å². The van der Waals surface area contributed by atoms with Gasteiger partial charge in [-0.15, -0.1) is 0 Å². The van der Waals surface area contributed by atoms with Gasteiger partial charge >= 0.3 is 5.97 Å². The van der Waals surface area contributed by atoms with Crippen molar-refractivity contribution in [3.8, 4) is 0 Å². The van der Waals surface area contributed by atoms with Crippen molar-refractivity contribution in [2.75, 3.05) is 0 Å². The van der Waals surface area contributed by atoms with E-state index in [1.54, 1.807) is 0 Å². The Hall–Kier alpha value is -0.830. The average molecular weight is 681 g/mol. The third-order valence-corrected chi connectivity index (χ3v) is 17.3. The Bertz CT molecular complexity index is 1130. The fourth-order valence-electron chi connectivity index (χ4n) is 14.2. The van der Waals surface area contributed by atoms with Crippen LogP contribution >= 0.6 is 0 Å². The van der Waals surface area contributed by atoms with Gasteiger partial charge in [-0.3, -0.25) is 4.79 Å². The van der Waals surface area contributed by atoms with Crippen molar-refractivity contribution in [1.29, 1.82) is 0 Å². The summed E-state index contributed by atoms with van der Waals surface area (Å²) in [5.74, 6) is 3.05. The van der Waals surface area contributed by atoms with E-state index < -0.39 is 0 Å². The Kier molecular flexibility index (Phi) is 12.6. The lowest BCUT2D eigenvalue weighted by Gasteiger charge is -2.73. The van der Waals surface area contributed by atoms with E-state index in [4.69, 9.17) is 4.74 Å². The molecule has 282 valence electrons. The van der Waals surface area contributed by atoms with Gasteiger partial charge in [-0.2, -0.15) is 0 Å². The monoisotopic (exact) mass is 681 g/mol. The first-order valence-electron chi connectivity index (χ1n) is 21.7. The normalized spacial score (nSPS) is 42.4. The van der Waals surface area contributed by atoms with Crippen molar-refractivity contribution < 1.29 is 14.6 Å². The van der Waals surface area contributed by atoms with Crippen molar-refractivity contribution in [2.24, 2.45) is 56.7 Å². The van der Waals surface area contributed by atoms with E-state index in [0.717, 1.165) is 38.5 Å². The summed E-state index contributed by atoms with van der Waals surface area (Å²) in [7, 11) is 0. The molecular formula is C46H80O3. The fraction of sp³-hybridized carbons (Fsp3) is 0.935. The standard InChI is InChI=1S/C46H80O3/c1-10-11-12-13-14-15-16-17-18-19-20-21-22-23-40(48)49-39-28-30-43(6)36(42(39,4)5)27-31-45(8)37(43)25-24-35-41-34(33(2)3)26-29-44(41,7)38(47)32-46(35,45)9/h34-39,41,47H,2,10-32H2,1,3-9H3/t34-,35-,36-,37+,38-,39-,41+,43-,44+,45+,46+/m0/s1. The fourth-order valence-corrected chi connectivity index (χ4v) is 14.2. The molecule has 0 amide bonds. The van der Waals surface area contributed by atoms with Gasteiger partial charge in [0, 0.05) is 11.8 Å². The van der Waals surface area contributed by atoms with Gasteiger partial charge in [-0.05, 0) is 122 Å². The zero-order valence-electron chi connectivity index (χ0n) is 33.8. The summed E-state index contributed by atoms with van der Waals surface area (Å²) in [6.07, 6.45) is 28.2. The van der Waals surface area contributed by atoms with E-state index in [2.05, 4.69) is 62.0 Å². The van der Waals surface area contributed by atoms with Crippen molar-refractivity contribution in [3.05, 3.63) is 12.2 Å². The Morgan fingerprint density at radius 1 is 0.694 bits per heavy atom. The van der Waals surface area contributed by atoms with Crippen LogP contribution in [0.5, 0.6) is 0 Å². The molecule has 5 aliphatic rings. The van der Waals surface area contributed by atoms with E-state index in [-0.39, 0.29) is 45.3 Å². The Morgan fingerprint density at radius 2 is 1.27 bits per heavy atom. The maximum absolute atomic E-state index is 13.2. The van der Waals surface area contributed by atoms with Crippen LogP contribution in [0.25, 0.3) is 0 Å². The predicted molar refractivity (Wildman–Crippen MR) is 206 cm³/mol. The Morgan fingerprint density at radius 3 is 1.86 bits per heavy atom. The number of rotatable bonds is 16. The van der Waals surface area contributed by atoms with Crippen LogP contribution in [-0.2, 0) is 9.53 Å².